The number of nitrogens with zero attached hydrogens (tertiary/aromatic N) is 2. The second kappa shape index (κ2) is 7.04. The molecule has 2 aromatic rings. The molecule has 0 radical (unpaired) electrons. The lowest BCUT2D eigenvalue weighted by Crippen LogP contribution is -2.41. The molecule has 1 aliphatic heterocycles. The number of hydrogen-bond donors (Lipinski definition) is 0. The Balaban J connectivity index is 1.70. The van der Waals surface area contributed by atoms with Crippen molar-refractivity contribution in [3.05, 3.63) is 65.5 Å². The maximum absolute atomic E-state index is 13.1. The van der Waals surface area contributed by atoms with E-state index in [-0.39, 0.29) is 17.8 Å². The van der Waals surface area contributed by atoms with Crippen molar-refractivity contribution in [3.63, 3.8) is 0 Å². The highest BCUT2D eigenvalue weighted by Crippen LogP contribution is 2.27. The van der Waals surface area contributed by atoms with Crippen LogP contribution in [0.2, 0.25) is 0 Å². The summed E-state index contributed by atoms with van der Waals surface area (Å²) in [5.74, 6) is -0.187. The van der Waals surface area contributed by atoms with Crippen LogP contribution in [0.5, 0.6) is 0 Å². The van der Waals surface area contributed by atoms with Crippen molar-refractivity contribution >= 4 is 11.6 Å². The van der Waals surface area contributed by atoms with E-state index >= 15 is 0 Å². The fourth-order valence-corrected chi connectivity index (χ4v) is 3.23. The summed E-state index contributed by atoms with van der Waals surface area (Å²) in [6, 6.07) is 14.6. The van der Waals surface area contributed by atoms with E-state index in [1.165, 1.54) is 23.4 Å². The predicted octanol–water partition coefficient (Wildman–Crippen LogP) is 3.80. The molecule has 1 amide bonds. The molecule has 0 saturated carbocycles. The van der Waals surface area contributed by atoms with Gasteiger partial charge in [-0.1, -0.05) is 30.3 Å². The first-order chi connectivity index (χ1) is 11.6. The molecule has 4 heteroatoms. The lowest BCUT2D eigenvalue weighted by atomic mass is 10.0. The Labute approximate surface area is 142 Å². The zero-order valence-electron chi connectivity index (χ0n) is 14.2. The second-order valence-corrected chi connectivity index (χ2v) is 6.39. The molecule has 24 heavy (non-hydrogen) atoms. The molecule has 0 aliphatic carbocycles. The normalized spacial score (nSPS) is 14.9. The van der Waals surface area contributed by atoms with Crippen LogP contribution in [-0.4, -0.2) is 30.9 Å². The predicted molar refractivity (Wildman–Crippen MR) is 94.6 cm³/mol. The summed E-state index contributed by atoms with van der Waals surface area (Å²) in [7, 11) is 1.81. The summed E-state index contributed by atoms with van der Waals surface area (Å²) in [4.78, 5) is 16.6. The SMILES string of the molecule is C[C@@H](c1ccc(F)cc1)N(C)C(=O)CN1CCCc2ccccc21. The fraction of sp³-hybridized carbons (Fsp3) is 0.350. The molecule has 1 atom stereocenters. The molecule has 0 spiro atoms. The Morgan fingerprint density at radius 2 is 1.92 bits per heavy atom. The van der Waals surface area contributed by atoms with Crippen molar-refractivity contribution in [3.8, 4) is 0 Å². The Kier molecular flexibility index (Phi) is 4.84. The Morgan fingerprint density at radius 1 is 1.21 bits per heavy atom. The molecule has 0 bridgehead atoms. The lowest BCUT2D eigenvalue weighted by molar-refractivity contribution is -0.130. The van der Waals surface area contributed by atoms with E-state index in [9.17, 15) is 9.18 Å². The molecule has 0 fully saturated rings. The number of carbonyl (C=O) groups excluding carboxylic acids is 1. The van der Waals surface area contributed by atoms with Crippen LogP contribution in [0.25, 0.3) is 0 Å². The number of aryl methyl sites for hydroxylation is 1. The maximum atomic E-state index is 13.1. The van der Waals surface area contributed by atoms with Gasteiger partial charge >= 0.3 is 0 Å². The Hall–Kier alpha value is -2.36. The lowest BCUT2D eigenvalue weighted by Gasteiger charge is -2.33. The quantitative estimate of drug-likeness (QED) is 0.853. The summed E-state index contributed by atoms with van der Waals surface area (Å²) in [5, 5.41) is 0. The van der Waals surface area contributed by atoms with Gasteiger partial charge in [0.25, 0.3) is 0 Å². The van der Waals surface area contributed by atoms with Crippen LogP contribution in [0.1, 0.15) is 30.5 Å². The highest BCUT2D eigenvalue weighted by Gasteiger charge is 2.23. The van der Waals surface area contributed by atoms with Gasteiger partial charge in [0, 0.05) is 19.3 Å². The molecule has 0 aromatic heterocycles. The van der Waals surface area contributed by atoms with Gasteiger partial charge < -0.3 is 9.80 Å². The number of hydrogen-bond acceptors (Lipinski definition) is 2. The van der Waals surface area contributed by atoms with Crippen molar-refractivity contribution in [2.75, 3.05) is 25.0 Å². The molecule has 0 saturated heterocycles. The first-order valence-corrected chi connectivity index (χ1v) is 8.40. The minimum atomic E-state index is -0.259. The van der Waals surface area contributed by atoms with Crippen LogP contribution in [0.15, 0.2) is 48.5 Å². The van der Waals surface area contributed by atoms with Crippen LogP contribution in [0, 0.1) is 5.82 Å². The van der Waals surface area contributed by atoms with E-state index in [0.717, 1.165) is 24.9 Å². The number of halogens is 1. The molecule has 1 aliphatic rings. The van der Waals surface area contributed by atoms with Crippen LogP contribution in [0.4, 0.5) is 10.1 Å². The summed E-state index contributed by atoms with van der Waals surface area (Å²) in [6.07, 6.45) is 2.14. The van der Waals surface area contributed by atoms with Crippen molar-refractivity contribution in [1.29, 1.82) is 0 Å². The topological polar surface area (TPSA) is 23.6 Å². The summed E-state index contributed by atoms with van der Waals surface area (Å²) >= 11 is 0. The third-order valence-electron chi connectivity index (χ3n) is 4.86. The minimum Gasteiger partial charge on any atom is -0.362 e. The third-order valence-corrected chi connectivity index (χ3v) is 4.86. The molecule has 0 unspecified atom stereocenters. The average molecular weight is 326 g/mol. The van der Waals surface area contributed by atoms with E-state index in [2.05, 4.69) is 17.0 Å². The number of rotatable bonds is 4. The van der Waals surface area contributed by atoms with Crippen LogP contribution >= 0.6 is 0 Å². The second-order valence-electron chi connectivity index (χ2n) is 6.39. The molecule has 0 N–H and O–H groups in total. The van der Waals surface area contributed by atoms with E-state index in [1.54, 1.807) is 17.0 Å². The van der Waals surface area contributed by atoms with Crippen LogP contribution < -0.4 is 4.90 Å². The van der Waals surface area contributed by atoms with Gasteiger partial charge in [0.05, 0.1) is 12.6 Å². The van der Waals surface area contributed by atoms with Gasteiger partial charge in [-0.25, -0.2) is 4.39 Å². The first kappa shape index (κ1) is 16.5. The molecule has 3 nitrogen and oxygen atoms in total. The largest absolute Gasteiger partial charge is 0.362 e. The van der Waals surface area contributed by atoms with Crippen molar-refractivity contribution in [1.82, 2.24) is 4.90 Å². The fourth-order valence-electron chi connectivity index (χ4n) is 3.23. The van der Waals surface area contributed by atoms with Crippen molar-refractivity contribution in [2.45, 2.75) is 25.8 Å². The van der Waals surface area contributed by atoms with Crippen molar-refractivity contribution < 1.29 is 9.18 Å². The summed E-state index contributed by atoms with van der Waals surface area (Å²) < 4.78 is 13.1. The average Bonchev–Trinajstić information content (AvgIpc) is 2.61. The smallest absolute Gasteiger partial charge is 0.242 e. The van der Waals surface area contributed by atoms with Gasteiger partial charge in [0.2, 0.25) is 5.91 Å². The molecular formula is C20H23FN2O. The Morgan fingerprint density at radius 3 is 2.67 bits per heavy atom. The van der Waals surface area contributed by atoms with Crippen LogP contribution in [-0.2, 0) is 11.2 Å². The highest BCUT2D eigenvalue weighted by molar-refractivity contribution is 5.82. The minimum absolute atomic E-state index is 0.0727. The number of fused-ring (bicyclic) bond motifs is 1. The molecule has 126 valence electrons. The molecule has 1 heterocycles. The van der Waals surface area contributed by atoms with E-state index < -0.39 is 0 Å². The van der Waals surface area contributed by atoms with Gasteiger partial charge in [0.15, 0.2) is 0 Å². The first-order valence-electron chi connectivity index (χ1n) is 8.40. The summed E-state index contributed by atoms with van der Waals surface area (Å²) in [5.41, 5.74) is 3.41. The number of anilines is 1. The van der Waals surface area contributed by atoms with Gasteiger partial charge in [-0.2, -0.15) is 0 Å². The van der Waals surface area contributed by atoms with E-state index in [4.69, 9.17) is 0 Å². The third kappa shape index (κ3) is 3.42. The zero-order chi connectivity index (χ0) is 17.1. The molecule has 3 rings (SSSR count). The van der Waals surface area contributed by atoms with Gasteiger partial charge in [-0.05, 0) is 49.1 Å². The number of amides is 1. The zero-order valence-corrected chi connectivity index (χ0v) is 14.2. The summed E-state index contributed by atoms with van der Waals surface area (Å²) in [6.45, 7) is 3.25. The Bertz CT molecular complexity index is 714. The number of para-hydroxylation sites is 1. The highest BCUT2D eigenvalue weighted by atomic mass is 19.1. The number of benzene rings is 2. The van der Waals surface area contributed by atoms with E-state index in [1.807, 2.05) is 26.1 Å². The number of likely N-dealkylation sites (N-methyl/N-ethyl adjacent to an activating group) is 1. The van der Waals surface area contributed by atoms with Gasteiger partial charge in [-0.15, -0.1) is 0 Å². The van der Waals surface area contributed by atoms with E-state index in [0.29, 0.717) is 6.54 Å². The van der Waals surface area contributed by atoms with Crippen molar-refractivity contribution in [2.24, 2.45) is 0 Å². The standard InChI is InChI=1S/C20H23FN2O/c1-15(16-9-11-18(21)12-10-16)22(2)20(24)14-23-13-5-7-17-6-3-4-8-19(17)23/h3-4,6,8-12,15H,5,7,13-14H2,1-2H3/t15-/m0/s1. The monoisotopic (exact) mass is 326 g/mol. The number of carbonyl (C=O) groups is 1. The van der Waals surface area contributed by atoms with Gasteiger partial charge in [0.1, 0.15) is 5.82 Å². The van der Waals surface area contributed by atoms with Crippen LogP contribution in [0.3, 0.4) is 0 Å². The maximum Gasteiger partial charge on any atom is 0.242 e. The molecular weight excluding hydrogens is 303 g/mol. The molecule has 2 aromatic carbocycles. The van der Waals surface area contributed by atoms with Gasteiger partial charge in [-0.3, -0.25) is 4.79 Å².